The highest BCUT2D eigenvalue weighted by atomic mass is 32.2. The highest BCUT2D eigenvalue weighted by molar-refractivity contribution is 7.90. The quantitative estimate of drug-likeness (QED) is 0.690. The molecule has 1 atom stereocenters. The number of likely N-dealkylation sites (tertiary alicyclic amines) is 1. The lowest BCUT2D eigenvalue weighted by Gasteiger charge is -2.26. The highest BCUT2D eigenvalue weighted by Gasteiger charge is 2.30. The minimum Gasteiger partial charge on any atom is -0.300 e. The Hall–Kier alpha value is -2.29. The normalized spacial score (nSPS) is 16.3. The molecule has 1 amide bonds. The van der Waals surface area contributed by atoms with Crippen molar-refractivity contribution >= 4 is 42.4 Å². The molecular weight excluding hydrogens is 394 g/mol. The SMILES string of the molecule is CS(=O)(=O)c1ccc2nc(NC(=O)C(c3ccccc3)N3CCCC3)sc2c1. The van der Waals surface area contributed by atoms with Gasteiger partial charge in [0, 0.05) is 6.26 Å². The minimum absolute atomic E-state index is 0.115. The summed E-state index contributed by atoms with van der Waals surface area (Å²) in [5.74, 6) is -0.115. The number of sulfone groups is 1. The Labute approximate surface area is 168 Å². The number of hydrogen-bond acceptors (Lipinski definition) is 6. The third-order valence-electron chi connectivity index (χ3n) is 4.89. The second-order valence-electron chi connectivity index (χ2n) is 6.97. The van der Waals surface area contributed by atoms with E-state index in [1.165, 1.54) is 17.6 Å². The van der Waals surface area contributed by atoms with Gasteiger partial charge in [0.1, 0.15) is 6.04 Å². The van der Waals surface area contributed by atoms with E-state index in [4.69, 9.17) is 0 Å². The van der Waals surface area contributed by atoms with Gasteiger partial charge in [-0.3, -0.25) is 9.69 Å². The van der Waals surface area contributed by atoms with Gasteiger partial charge in [-0.1, -0.05) is 41.7 Å². The van der Waals surface area contributed by atoms with Gasteiger partial charge in [-0.25, -0.2) is 13.4 Å². The molecule has 6 nitrogen and oxygen atoms in total. The van der Waals surface area contributed by atoms with Crippen molar-refractivity contribution in [3.8, 4) is 0 Å². The predicted octanol–water partition coefficient (Wildman–Crippen LogP) is 3.48. The van der Waals surface area contributed by atoms with Gasteiger partial charge in [-0.2, -0.15) is 0 Å². The topological polar surface area (TPSA) is 79.4 Å². The fraction of sp³-hybridized carbons (Fsp3) is 0.300. The number of nitrogens with one attached hydrogen (secondary N) is 1. The molecule has 0 saturated carbocycles. The molecule has 1 aliphatic rings. The van der Waals surface area contributed by atoms with Crippen LogP contribution in [0.3, 0.4) is 0 Å². The summed E-state index contributed by atoms with van der Waals surface area (Å²) in [7, 11) is -3.28. The molecule has 0 spiro atoms. The molecule has 2 aromatic carbocycles. The number of nitrogens with zero attached hydrogens (tertiary/aromatic N) is 2. The van der Waals surface area contributed by atoms with Gasteiger partial charge in [0.15, 0.2) is 15.0 Å². The first kappa shape index (κ1) is 19.0. The Morgan fingerprint density at radius 1 is 1.14 bits per heavy atom. The van der Waals surface area contributed by atoms with Crippen LogP contribution in [0.5, 0.6) is 0 Å². The summed E-state index contributed by atoms with van der Waals surface area (Å²) in [6.07, 6.45) is 3.36. The van der Waals surface area contributed by atoms with Crippen LogP contribution in [0.25, 0.3) is 10.2 Å². The van der Waals surface area contributed by atoms with Gasteiger partial charge >= 0.3 is 0 Å². The van der Waals surface area contributed by atoms with E-state index >= 15 is 0 Å². The number of anilines is 1. The summed E-state index contributed by atoms with van der Waals surface area (Å²) in [4.78, 5) is 20.0. The molecule has 0 bridgehead atoms. The fourth-order valence-electron chi connectivity index (χ4n) is 3.53. The molecule has 1 aromatic heterocycles. The number of carbonyl (C=O) groups is 1. The summed E-state index contributed by atoms with van der Waals surface area (Å²) in [5, 5.41) is 3.42. The van der Waals surface area contributed by atoms with Crippen LogP contribution in [-0.2, 0) is 14.6 Å². The molecule has 0 aliphatic carbocycles. The number of thiazole rings is 1. The smallest absolute Gasteiger partial charge is 0.248 e. The number of fused-ring (bicyclic) bond motifs is 1. The molecule has 1 aliphatic heterocycles. The van der Waals surface area contributed by atoms with Crippen LogP contribution in [0, 0.1) is 0 Å². The van der Waals surface area contributed by atoms with Crippen LogP contribution in [0.1, 0.15) is 24.4 Å². The van der Waals surface area contributed by atoms with Crippen molar-refractivity contribution in [2.75, 3.05) is 24.7 Å². The second kappa shape index (κ2) is 7.62. The van der Waals surface area contributed by atoms with E-state index in [1.54, 1.807) is 18.2 Å². The van der Waals surface area contributed by atoms with Crippen LogP contribution in [0.4, 0.5) is 5.13 Å². The average Bonchev–Trinajstić information content (AvgIpc) is 3.30. The van der Waals surface area contributed by atoms with Gasteiger partial charge in [0.25, 0.3) is 0 Å². The zero-order valence-corrected chi connectivity index (χ0v) is 17.1. The molecule has 3 aromatic rings. The van der Waals surface area contributed by atoms with Gasteiger partial charge in [-0.05, 0) is 49.7 Å². The molecule has 8 heteroatoms. The summed E-state index contributed by atoms with van der Waals surface area (Å²) in [6, 6.07) is 14.2. The maximum atomic E-state index is 13.1. The molecule has 1 fully saturated rings. The van der Waals surface area contributed by atoms with Gasteiger partial charge in [0.05, 0.1) is 15.1 Å². The lowest BCUT2D eigenvalue weighted by molar-refractivity contribution is -0.121. The number of hydrogen-bond donors (Lipinski definition) is 1. The van der Waals surface area contributed by atoms with E-state index in [1.807, 2.05) is 30.3 Å². The van der Waals surface area contributed by atoms with E-state index in [0.717, 1.165) is 36.2 Å². The predicted molar refractivity (Wildman–Crippen MR) is 111 cm³/mol. The molecule has 2 heterocycles. The van der Waals surface area contributed by atoms with Crippen molar-refractivity contribution in [3.63, 3.8) is 0 Å². The third-order valence-corrected chi connectivity index (χ3v) is 6.93. The Morgan fingerprint density at radius 3 is 2.54 bits per heavy atom. The standard InChI is InChI=1S/C20H21N3O3S2/c1-28(25,26)15-9-10-16-17(13-15)27-20(21-16)22-19(24)18(23-11-5-6-12-23)14-7-3-2-4-8-14/h2-4,7-10,13,18H,5-6,11-12H2,1H3,(H,21,22,24). The first-order chi connectivity index (χ1) is 13.4. The van der Waals surface area contributed by atoms with Crippen molar-refractivity contribution in [2.45, 2.75) is 23.8 Å². The molecule has 4 rings (SSSR count). The van der Waals surface area contributed by atoms with E-state index in [2.05, 4.69) is 15.2 Å². The minimum atomic E-state index is -3.28. The van der Waals surface area contributed by atoms with Crippen LogP contribution < -0.4 is 5.32 Å². The second-order valence-corrected chi connectivity index (χ2v) is 10.0. The highest BCUT2D eigenvalue weighted by Crippen LogP contribution is 2.31. The van der Waals surface area contributed by atoms with Crippen molar-refractivity contribution in [1.29, 1.82) is 0 Å². The summed E-state index contributed by atoms with van der Waals surface area (Å²) < 4.78 is 24.3. The fourth-order valence-corrected chi connectivity index (χ4v) is 5.16. The average molecular weight is 416 g/mol. The first-order valence-electron chi connectivity index (χ1n) is 9.12. The van der Waals surface area contributed by atoms with Crippen LogP contribution in [-0.4, -0.2) is 43.6 Å². The Kier molecular flexibility index (Phi) is 5.18. The number of carbonyl (C=O) groups excluding carboxylic acids is 1. The number of amides is 1. The van der Waals surface area contributed by atoms with E-state index in [9.17, 15) is 13.2 Å². The van der Waals surface area contributed by atoms with Gasteiger partial charge in [0.2, 0.25) is 5.91 Å². The van der Waals surface area contributed by atoms with E-state index in [-0.39, 0.29) is 16.8 Å². The van der Waals surface area contributed by atoms with Gasteiger partial charge < -0.3 is 5.32 Å². The molecular formula is C20H21N3O3S2. The molecule has 0 radical (unpaired) electrons. The zero-order valence-electron chi connectivity index (χ0n) is 15.5. The maximum absolute atomic E-state index is 13.1. The maximum Gasteiger partial charge on any atom is 0.248 e. The summed E-state index contributed by atoms with van der Waals surface area (Å²) >= 11 is 1.28. The van der Waals surface area contributed by atoms with Crippen LogP contribution >= 0.6 is 11.3 Å². The molecule has 1 saturated heterocycles. The molecule has 146 valence electrons. The number of benzene rings is 2. The molecule has 28 heavy (non-hydrogen) atoms. The monoisotopic (exact) mass is 415 g/mol. The van der Waals surface area contributed by atoms with Gasteiger partial charge in [-0.15, -0.1) is 0 Å². The van der Waals surface area contributed by atoms with Crippen molar-refractivity contribution in [2.24, 2.45) is 0 Å². The summed E-state index contributed by atoms with van der Waals surface area (Å²) in [5.41, 5.74) is 1.63. The van der Waals surface area contributed by atoms with Crippen molar-refractivity contribution < 1.29 is 13.2 Å². The lowest BCUT2D eigenvalue weighted by atomic mass is 10.1. The van der Waals surface area contributed by atoms with Crippen LogP contribution in [0.15, 0.2) is 53.4 Å². The van der Waals surface area contributed by atoms with E-state index < -0.39 is 9.84 Å². The Morgan fingerprint density at radius 2 is 1.86 bits per heavy atom. The van der Waals surface area contributed by atoms with Crippen molar-refractivity contribution in [3.05, 3.63) is 54.1 Å². The van der Waals surface area contributed by atoms with Crippen molar-refractivity contribution in [1.82, 2.24) is 9.88 Å². The molecule has 1 N–H and O–H groups in total. The Balaban J connectivity index is 1.62. The Bertz CT molecular complexity index is 1100. The number of rotatable bonds is 5. The van der Waals surface area contributed by atoms with Crippen LogP contribution in [0.2, 0.25) is 0 Å². The summed E-state index contributed by atoms with van der Waals surface area (Å²) in [6.45, 7) is 1.79. The molecule has 1 unspecified atom stereocenters. The zero-order chi connectivity index (χ0) is 19.7. The lowest BCUT2D eigenvalue weighted by Crippen LogP contribution is -2.35. The largest absolute Gasteiger partial charge is 0.300 e. The third kappa shape index (κ3) is 3.94. The van der Waals surface area contributed by atoms with E-state index in [0.29, 0.717) is 10.6 Å². The first-order valence-corrected chi connectivity index (χ1v) is 11.8. The number of aromatic nitrogens is 1.